The van der Waals surface area contributed by atoms with Gasteiger partial charge in [-0.25, -0.2) is 4.39 Å². The predicted octanol–water partition coefficient (Wildman–Crippen LogP) is 8.32. The molecule has 0 radical (unpaired) electrons. The Kier molecular flexibility index (Phi) is 7.28. The minimum Gasteiger partial charge on any atom is -0.486 e. The highest BCUT2D eigenvalue weighted by molar-refractivity contribution is 8.04. The lowest BCUT2D eigenvalue weighted by molar-refractivity contribution is 0.289. The lowest BCUT2D eigenvalue weighted by Crippen LogP contribution is -2.15. The Hall–Kier alpha value is -2.55. The van der Waals surface area contributed by atoms with Crippen molar-refractivity contribution in [3.63, 3.8) is 0 Å². The second kappa shape index (κ2) is 10.4. The molecule has 0 amide bonds. The van der Waals surface area contributed by atoms with Crippen LogP contribution in [0.2, 0.25) is 20.1 Å². The number of halogens is 5. The smallest absolute Gasteiger partial charge is 0.217 e. The summed E-state index contributed by atoms with van der Waals surface area (Å²) < 4.78 is 21.9. The van der Waals surface area contributed by atoms with E-state index in [0.717, 1.165) is 11.1 Å². The van der Waals surface area contributed by atoms with Crippen molar-refractivity contribution in [1.82, 2.24) is 14.9 Å². The molecule has 0 atom stereocenters. The fourth-order valence-corrected chi connectivity index (χ4v) is 5.07. The summed E-state index contributed by atoms with van der Waals surface area (Å²) in [5.74, 6) is 0.484. The lowest BCUT2D eigenvalue weighted by atomic mass is 10.1. The van der Waals surface area contributed by atoms with Crippen LogP contribution < -0.4 is 4.74 Å². The molecule has 0 saturated carbocycles. The van der Waals surface area contributed by atoms with Crippen LogP contribution in [0.4, 0.5) is 4.39 Å². The highest BCUT2D eigenvalue weighted by Gasteiger charge is 2.26. The van der Waals surface area contributed by atoms with Crippen molar-refractivity contribution in [1.29, 1.82) is 0 Å². The quantitative estimate of drug-likeness (QED) is 0.223. The first kappa shape index (κ1) is 25.1. The maximum Gasteiger partial charge on any atom is 0.217 e. The average molecular weight is 580 g/mol. The van der Waals surface area contributed by atoms with Crippen LogP contribution in [0.15, 0.2) is 69.8 Å². The zero-order valence-corrected chi connectivity index (χ0v) is 22.3. The number of ether oxygens (including phenoxy) is 1. The summed E-state index contributed by atoms with van der Waals surface area (Å²) in [4.78, 5) is 0.696. The van der Waals surface area contributed by atoms with Crippen molar-refractivity contribution in [2.45, 2.75) is 18.7 Å². The van der Waals surface area contributed by atoms with Gasteiger partial charge in [0.05, 0.1) is 10.0 Å². The Labute approximate surface area is 230 Å². The molecule has 5 nitrogen and oxygen atoms in total. The van der Waals surface area contributed by atoms with Crippen molar-refractivity contribution in [2.24, 2.45) is 5.10 Å². The van der Waals surface area contributed by atoms with Crippen molar-refractivity contribution in [3.05, 3.63) is 108 Å². The van der Waals surface area contributed by atoms with Crippen LogP contribution in [-0.4, -0.2) is 20.6 Å². The molecule has 3 aromatic carbocycles. The largest absolute Gasteiger partial charge is 0.486 e. The van der Waals surface area contributed by atoms with E-state index in [1.54, 1.807) is 28.9 Å². The molecule has 5 rings (SSSR count). The average Bonchev–Trinajstić information content (AvgIpc) is 3.25. The van der Waals surface area contributed by atoms with E-state index in [1.165, 1.54) is 23.9 Å². The lowest BCUT2D eigenvalue weighted by Gasteiger charge is -2.18. The number of hydrogen-bond acceptors (Lipinski definition) is 5. The summed E-state index contributed by atoms with van der Waals surface area (Å²) in [7, 11) is 0. The van der Waals surface area contributed by atoms with Crippen molar-refractivity contribution >= 4 is 70.0 Å². The van der Waals surface area contributed by atoms with Crippen LogP contribution >= 0.6 is 58.2 Å². The van der Waals surface area contributed by atoms with Crippen molar-refractivity contribution in [3.8, 4) is 5.75 Å². The van der Waals surface area contributed by atoms with Crippen LogP contribution in [-0.2, 0) is 6.61 Å². The molecule has 0 spiro atoms. The summed E-state index contributed by atoms with van der Waals surface area (Å²) in [5, 5.41) is 15.2. The molecule has 1 aliphatic heterocycles. The normalized spacial score (nSPS) is 14.1. The van der Waals surface area contributed by atoms with Gasteiger partial charge in [0.2, 0.25) is 5.16 Å². The molecule has 2 heterocycles. The van der Waals surface area contributed by atoms with Gasteiger partial charge in [-0.2, -0.15) is 9.78 Å². The fourth-order valence-electron chi connectivity index (χ4n) is 3.40. The summed E-state index contributed by atoms with van der Waals surface area (Å²) >= 11 is 25.9. The van der Waals surface area contributed by atoms with Gasteiger partial charge in [-0.3, -0.25) is 0 Å². The summed E-state index contributed by atoms with van der Waals surface area (Å²) in [6, 6.07) is 15.3. The van der Waals surface area contributed by atoms with E-state index in [1.807, 2.05) is 31.2 Å². The molecule has 11 heteroatoms. The molecule has 4 aromatic rings. The summed E-state index contributed by atoms with van der Waals surface area (Å²) in [5.41, 5.74) is 2.58. The van der Waals surface area contributed by atoms with Gasteiger partial charge in [-0.1, -0.05) is 58.5 Å². The van der Waals surface area contributed by atoms with Crippen LogP contribution in [0.1, 0.15) is 22.5 Å². The number of aromatic nitrogens is 3. The first-order chi connectivity index (χ1) is 17.3. The van der Waals surface area contributed by atoms with E-state index >= 15 is 0 Å². The monoisotopic (exact) mass is 578 g/mol. The molecule has 36 heavy (non-hydrogen) atoms. The predicted molar refractivity (Wildman–Crippen MR) is 144 cm³/mol. The summed E-state index contributed by atoms with van der Waals surface area (Å²) in [6.45, 7) is 2.00. The van der Waals surface area contributed by atoms with E-state index in [4.69, 9.17) is 56.2 Å². The molecule has 0 bridgehead atoms. The Balaban J connectivity index is 1.55. The molecule has 0 saturated heterocycles. The van der Waals surface area contributed by atoms with Crippen LogP contribution in [0, 0.1) is 12.7 Å². The van der Waals surface area contributed by atoms with E-state index in [9.17, 15) is 4.39 Å². The maximum atomic E-state index is 14.4. The standard InChI is InChI=1S/C25H15Cl4FN4OS/c1-13-8-16(6-7-18(13)27)35-12-23-31-32-25-34(23)33-24(17-10-21(30)20(29)11-19(17)28)22(36-25)9-14-2-4-15(26)5-3-14/h2-11H,12H2,1H3/b22-9-. The number of nitrogens with zero attached hydrogens (tertiary/aromatic N) is 4. The zero-order valence-electron chi connectivity index (χ0n) is 18.5. The van der Waals surface area contributed by atoms with Gasteiger partial charge in [0.1, 0.15) is 23.9 Å². The second-order valence-electron chi connectivity index (χ2n) is 7.77. The Bertz CT molecular complexity index is 1540. The molecule has 1 aliphatic rings. The molecule has 0 unspecified atom stereocenters. The van der Waals surface area contributed by atoms with Crippen LogP contribution in [0.25, 0.3) is 6.08 Å². The Morgan fingerprint density at radius 1 is 0.944 bits per heavy atom. The minimum atomic E-state index is -0.606. The number of benzene rings is 3. The number of hydrogen-bond donors (Lipinski definition) is 0. The number of rotatable bonds is 5. The van der Waals surface area contributed by atoms with Gasteiger partial charge in [-0.15, -0.1) is 10.2 Å². The maximum absolute atomic E-state index is 14.4. The van der Waals surface area contributed by atoms with Crippen LogP contribution in [0.5, 0.6) is 5.75 Å². The van der Waals surface area contributed by atoms with Gasteiger partial charge < -0.3 is 4.74 Å². The van der Waals surface area contributed by atoms with E-state index in [-0.39, 0.29) is 16.7 Å². The number of aryl methyl sites for hydroxylation is 1. The topological polar surface area (TPSA) is 52.3 Å². The van der Waals surface area contributed by atoms with Crippen molar-refractivity contribution < 1.29 is 9.13 Å². The molecule has 0 aliphatic carbocycles. The second-order valence-corrected chi connectivity index (χ2v) is 10.4. The van der Waals surface area contributed by atoms with Crippen LogP contribution in [0.3, 0.4) is 0 Å². The number of fused-ring (bicyclic) bond motifs is 1. The van der Waals surface area contributed by atoms with E-state index in [0.29, 0.717) is 43.0 Å². The Morgan fingerprint density at radius 2 is 1.72 bits per heavy atom. The van der Waals surface area contributed by atoms with Gasteiger partial charge in [-0.05, 0) is 78.4 Å². The third kappa shape index (κ3) is 5.26. The van der Waals surface area contributed by atoms with Crippen molar-refractivity contribution in [2.75, 3.05) is 0 Å². The summed E-state index contributed by atoms with van der Waals surface area (Å²) in [6.07, 6.45) is 1.90. The zero-order chi connectivity index (χ0) is 25.4. The van der Waals surface area contributed by atoms with Gasteiger partial charge in [0.15, 0.2) is 5.82 Å². The first-order valence-electron chi connectivity index (χ1n) is 10.5. The fraction of sp³-hybridized carbons (Fsp3) is 0.0800. The van der Waals surface area contributed by atoms with Gasteiger partial charge in [0.25, 0.3) is 0 Å². The third-order valence-corrected chi connectivity index (χ3v) is 7.49. The molecule has 0 fully saturated rings. The van der Waals surface area contributed by atoms with Gasteiger partial charge in [0, 0.05) is 20.5 Å². The third-order valence-electron chi connectivity index (χ3n) is 5.24. The number of allylic oxidation sites excluding steroid dienone is 1. The number of thioether (sulfide) groups is 1. The molecule has 1 aromatic heterocycles. The van der Waals surface area contributed by atoms with E-state index < -0.39 is 5.82 Å². The first-order valence-corrected chi connectivity index (χ1v) is 12.8. The SMILES string of the molecule is Cc1cc(OCc2nnc3n2N=C(c2cc(F)c(Cl)cc2Cl)/C(=C/c2ccc(Cl)cc2)S3)ccc1Cl. The van der Waals surface area contributed by atoms with Gasteiger partial charge >= 0.3 is 0 Å². The highest BCUT2D eigenvalue weighted by atomic mass is 35.5. The Morgan fingerprint density at radius 3 is 2.47 bits per heavy atom. The minimum absolute atomic E-state index is 0.0756. The van der Waals surface area contributed by atoms with E-state index in [2.05, 4.69) is 10.2 Å². The highest BCUT2D eigenvalue weighted by Crippen LogP contribution is 2.38. The molecular weight excluding hydrogens is 565 g/mol. The molecular formula is C25H15Cl4FN4OS. The molecule has 0 N–H and O–H groups in total. The molecule has 182 valence electrons.